The molecule has 2 aromatic heterocycles. The van der Waals surface area contributed by atoms with Crippen molar-refractivity contribution < 1.29 is 5.11 Å². The zero-order valence-corrected chi connectivity index (χ0v) is 8.85. The van der Waals surface area contributed by atoms with Gasteiger partial charge < -0.3 is 10.8 Å². The molecule has 6 heteroatoms. The molecule has 0 aliphatic carbocycles. The highest BCUT2D eigenvalue weighted by atomic mass is 79.9. The fourth-order valence-electron chi connectivity index (χ4n) is 1.24. The Morgan fingerprint density at radius 1 is 1.50 bits per heavy atom. The summed E-state index contributed by atoms with van der Waals surface area (Å²) in [5.41, 5.74) is 6.45. The van der Waals surface area contributed by atoms with Gasteiger partial charge in [-0.25, -0.2) is 9.97 Å². The lowest BCUT2D eigenvalue weighted by atomic mass is 10.2. The molecule has 0 radical (unpaired) electrons. The SMILES string of the molecule is NC(CO)c1cnc2ncc(Br)cn12. The van der Waals surface area contributed by atoms with E-state index in [1.807, 2.05) is 6.20 Å². The number of fused-ring (bicyclic) bond motifs is 1. The first-order valence-corrected chi connectivity index (χ1v) is 4.86. The largest absolute Gasteiger partial charge is 0.394 e. The average molecular weight is 257 g/mol. The summed E-state index contributed by atoms with van der Waals surface area (Å²) in [5, 5.41) is 8.94. The van der Waals surface area contributed by atoms with E-state index in [9.17, 15) is 0 Å². The molecule has 1 atom stereocenters. The van der Waals surface area contributed by atoms with E-state index >= 15 is 0 Å². The van der Waals surface area contributed by atoms with Crippen molar-refractivity contribution in [1.29, 1.82) is 0 Å². The third-order valence-corrected chi connectivity index (χ3v) is 2.35. The molecule has 0 aliphatic rings. The molecule has 0 spiro atoms. The Hall–Kier alpha value is -0.980. The first-order chi connectivity index (χ1) is 6.72. The van der Waals surface area contributed by atoms with Crippen LogP contribution in [0.25, 0.3) is 5.78 Å². The summed E-state index contributed by atoms with van der Waals surface area (Å²) in [6, 6.07) is -0.430. The van der Waals surface area contributed by atoms with Gasteiger partial charge in [-0.05, 0) is 15.9 Å². The van der Waals surface area contributed by atoms with Crippen molar-refractivity contribution >= 4 is 21.7 Å². The molecule has 1 unspecified atom stereocenters. The quantitative estimate of drug-likeness (QED) is 0.820. The highest BCUT2D eigenvalue weighted by molar-refractivity contribution is 9.10. The molecule has 2 heterocycles. The summed E-state index contributed by atoms with van der Waals surface area (Å²) in [6.45, 7) is -0.111. The fraction of sp³-hybridized carbons (Fsp3) is 0.250. The fourth-order valence-corrected chi connectivity index (χ4v) is 1.54. The van der Waals surface area contributed by atoms with Crippen molar-refractivity contribution in [2.75, 3.05) is 6.61 Å². The number of nitrogens with zero attached hydrogens (tertiary/aromatic N) is 3. The zero-order chi connectivity index (χ0) is 10.1. The Morgan fingerprint density at radius 3 is 2.93 bits per heavy atom. The summed E-state index contributed by atoms with van der Waals surface area (Å²) in [4.78, 5) is 8.15. The van der Waals surface area contributed by atoms with Crippen LogP contribution >= 0.6 is 15.9 Å². The van der Waals surface area contributed by atoms with Crippen LogP contribution in [0.1, 0.15) is 11.7 Å². The third-order valence-electron chi connectivity index (χ3n) is 1.94. The van der Waals surface area contributed by atoms with Crippen LogP contribution in [0.5, 0.6) is 0 Å². The standard InChI is InChI=1S/C8H9BrN4O/c9-5-1-11-8-12-2-7(6(10)4-14)13(8)3-5/h1-3,6,14H,4,10H2. The van der Waals surface area contributed by atoms with Gasteiger partial charge in [-0.2, -0.15) is 0 Å². The van der Waals surface area contributed by atoms with Crippen LogP contribution in [-0.4, -0.2) is 26.1 Å². The highest BCUT2D eigenvalue weighted by Crippen LogP contribution is 2.14. The summed E-state index contributed by atoms with van der Waals surface area (Å²) in [5.74, 6) is 0.576. The Bertz CT molecular complexity index is 456. The van der Waals surface area contributed by atoms with Gasteiger partial charge in [0.15, 0.2) is 0 Å². The maximum atomic E-state index is 8.94. The van der Waals surface area contributed by atoms with Crippen molar-refractivity contribution in [3.63, 3.8) is 0 Å². The third kappa shape index (κ3) is 1.52. The molecular formula is C8H9BrN4O. The van der Waals surface area contributed by atoms with Crippen LogP contribution in [0.2, 0.25) is 0 Å². The predicted octanol–water partition coefficient (Wildman–Crippen LogP) is 0.484. The van der Waals surface area contributed by atoms with Gasteiger partial charge in [0.05, 0.1) is 29.0 Å². The van der Waals surface area contributed by atoms with Crippen molar-refractivity contribution in [2.45, 2.75) is 6.04 Å². The van der Waals surface area contributed by atoms with Crippen molar-refractivity contribution in [3.05, 3.63) is 28.8 Å². The predicted molar refractivity (Wildman–Crippen MR) is 54.7 cm³/mol. The van der Waals surface area contributed by atoms with Crippen molar-refractivity contribution in [2.24, 2.45) is 5.73 Å². The maximum absolute atomic E-state index is 8.94. The molecule has 5 nitrogen and oxygen atoms in total. The molecule has 0 bridgehead atoms. The van der Waals surface area contributed by atoms with E-state index in [0.29, 0.717) is 5.78 Å². The number of rotatable bonds is 2. The van der Waals surface area contributed by atoms with E-state index in [-0.39, 0.29) is 6.61 Å². The number of imidazole rings is 1. The monoisotopic (exact) mass is 256 g/mol. The Labute approximate surface area is 88.7 Å². The topological polar surface area (TPSA) is 76.4 Å². The summed E-state index contributed by atoms with van der Waals surface area (Å²) in [6.07, 6.45) is 5.10. The first kappa shape index (κ1) is 9.57. The zero-order valence-electron chi connectivity index (χ0n) is 7.26. The lowest BCUT2D eigenvalue weighted by Crippen LogP contribution is -2.16. The minimum atomic E-state index is -0.430. The minimum absolute atomic E-state index is 0.111. The summed E-state index contributed by atoms with van der Waals surface area (Å²) < 4.78 is 2.60. The molecule has 0 amide bonds. The number of hydrogen-bond donors (Lipinski definition) is 2. The lowest BCUT2D eigenvalue weighted by molar-refractivity contribution is 0.265. The van der Waals surface area contributed by atoms with Crippen LogP contribution in [0.4, 0.5) is 0 Å². The Balaban J connectivity index is 2.61. The van der Waals surface area contributed by atoms with Crippen LogP contribution in [0.3, 0.4) is 0 Å². The smallest absolute Gasteiger partial charge is 0.234 e. The van der Waals surface area contributed by atoms with Gasteiger partial charge in [0.1, 0.15) is 0 Å². The van der Waals surface area contributed by atoms with Crippen molar-refractivity contribution in [1.82, 2.24) is 14.4 Å². The molecule has 0 saturated heterocycles. The summed E-state index contributed by atoms with van der Waals surface area (Å²) in [7, 11) is 0. The number of aliphatic hydroxyl groups excluding tert-OH is 1. The second-order valence-electron chi connectivity index (χ2n) is 2.91. The van der Waals surface area contributed by atoms with E-state index < -0.39 is 6.04 Å². The van der Waals surface area contributed by atoms with Crippen LogP contribution in [0.15, 0.2) is 23.1 Å². The van der Waals surface area contributed by atoms with Gasteiger partial charge in [0.2, 0.25) is 5.78 Å². The summed E-state index contributed by atoms with van der Waals surface area (Å²) >= 11 is 3.31. The first-order valence-electron chi connectivity index (χ1n) is 4.07. The number of hydrogen-bond acceptors (Lipinski definition) is 4. The molecule has 2 rings (SSSR count). The van der Waals surface area contributed by atoms with E-state index in [2.05, 4.69) is 25.9 Å². The molecule has 0 fully saturated rings. The number of aliphatic hydroxyl groups is 1. The normalized spacial score (nSPS) is 13.4. The minimum Gasteiger partial charge on any atom is -0.394 e. The number of aromatic nitrogens is 3. The van der Waals surface area contributed by atoms with Gasteiger partial charge >= 0.3 is 0 Å². The maximum Gasteiger partial charge on any atom is 0.234 e. The second kappa shape index (κ2) is 3.64. The molecule has 2 aromatic rings. The molecule has 0 saturated carbocycles. The molecule has 0 aromatic carbocycles. The Morgan fingerprint density at radius 2 is 2.21 bits per heavy atom. The Kier molecular flexibility index (Phi) is 2.49. The molecule has 74 valence electrons. The lowest BCUT2D eigenvalue weighted by Gasteiger charge is -2.06. The van der Waals surface area contributed by atoms with Crippen LogP contribution < -0.4 is 5.73 Å². The van der Waals surface area contributed by atoms with Crippen LogP contribution in [-0.2, 0) is 0 Å². The van der Waals surface area contributed by atoms with Gasteiger partial charge in [-0.15, -0.1) is 0 Å². The van der Waals surface area contributed by atoms with E-state index in [1.165, 1.54) is 0 Å². The van der Waals surface area contributed by atoms with Gasteiger partial charge in [0.25, 0.3) is 0 Å². The number of halogens is 1. The van der Waals surface area contributed by atoms with Crippen molar-refractivity contribution in [3.8, 4) is 0 Å². The highest BCUT2D eigenvalue weighted by Gasteiger charge is 2.11. The van der Waals surface area contributed by atoms with E-state index in [4.69, 9.17) is 10.8 Å². The molecule has 3 N–H and O–H groups in total. The van der Waals surface area contributed by atoms with Gasteiger partial charge in [0, 0.05) is 12.4 Å². The van der Waals surface area contributed by atoms with Gasteiger partial charge in [-0.1, -0.05) is 0 Å². The van der Waals surface area contributed by atoms with E-state index in [1.54, 1.807) is 16.8 Å². The van der Waals surface area contributed by atoms with Gasteiger partial charge in [-0.3, -0.25) is 4.40 Å². The molecular weight excluding hydrogens is 248 g/mol. The molecule has 0 aliphatic heterocycles. The van der Waals surface area contributed by atoms with Crippen LogP contribution in [0, 0.1) is 0 Å². The molecule has 14 heavy (non-hydrogen) atoms. The number of nitrogens with two attached hydrogens (primary N) is 1. The van der Waals surface area contributed by atoms with E-state index in [0.717, 1.165) is 10.2 Å². The average Bonchev–Trinajstić information content (AvgIpc) is 2.59. The second-order valence-corrected chi connectivity index (χ2v) is 3.83.